The third-order valence-corrected chi connectivity index (χ3v) is 5.92. The van der Waals surface area contributed by atoms with E-state index in [1.165, 1.54) is 0 Å². The predicted octanol–water partition coefficient (Wildman–Crippen LogP) is -2.10. The average molecular weight is 389 g/mol. The predicted molar refractivity (Wildman–Crippen MR) is 96.3 cm³/mol. The van der Waals surface area contributed by atoms with Gasteiger partial charge >= 0.3 is 0 Å². The molecule has 6 N–H and O–H groups in total. The van der Waals surface area contributed by atoms with Gasteiger partial charge in [0.15, 0.2) is 0 Å². The van der Waals surface area contributed by atoms with E-state index < -0.39 is 6.17 Å². The van der Waals surface area contributed by atoms with Crippen LogP contribution in [0.2, 0.25) is 0 Å². The van der Waals surface area contributed by atoms with Gasteiger partial charge in [0.05, 0.1) is 48.5 Å². The van der Waals surface area contributed by atoms with Crippen LogP contribution in [0.5, 0.6) is 0 Å². The van der Waals surface area contributed by atoms with Gasteiger partial charge in [-0.1, -0.05) is 0 Å². The molecule has 1 amide bonds. The Bertz CT molecular complexity index is 508. The summed E-state index contributed by atoms with van der Waals surface area (Å²) >= 11 is 6.19. The Balaban J connectivity index is 1.37. The van der Waals surface area contributed by atoms with Gasteiger partial charge in [-0.3, -0.25) is 10.1 Å². The first-order chi connectivity index (χ1) is 12.6. The number of nitrogens with zero attached hydrogens (tertiary/aromatic N) is 1. The van der Waals surface area contributed by atoms with Gasteiger partial charge in [-0.05, 0) is 19.4 Å². The average Bonchev–Trinajstić information content (AvgIpc) is 3.23. The van der Waals surface area contributed by atoms with Gasteiger partial charge in [0.25, 0.3) is 0 Å². The molecule has 0 aromatic rings. The van der Waals surface area contributed by atoms with E-state index in [0.717, 1.165) is 26.0 Å². The molecule has 4 fully saturated rings. The topological polar surface area (TPSA) is 113 Å². The molecule has 4 rings (SSSR count). The van der Waals surface area contributed by atoms with Crippen molar-refractivity contribution in [3.8, 4) is 0 Å². The van der Waals surface area contributed by atoms with E-state index in [-0.39, 0.29) is 41.6 Å². The second-order valence-electron chi connectivity index (χ2n) is 7.55. The lowest BCUT2D eigenvalue weighted by Crippen LogP contribution is -2.61. The minimum Gasteiger partial charge on any atom is -0.379 e. The van der Waals surface area contributed by atoms with Crippen molar-refractivity contribution in [2.45, 2.75) is 48.8 Å². The molecule has 9 nitrogen and oxygen atoms in total. The van der Waals surface area contributed by atoms with Gasteiger partial charge in [0.2, 0.25) is 5.91 Å². The van der Waals surface area contributed by atoms with Crippen LogP contribution < -0.4 is 27.1 Å². The molecule has 6 unspecified atom stereocenters. The van der Waals surface area contributed by atoms with Gasteiger partial charge < -0.3 is 25.8 Å². The number of ether oxygens (including phenoxy) is 2. The fourth-order valence-corrected chi connectivity index (χ4v) is 4.50. The molecule has 0 aliphatic carbocycles. The van der Waals surface area contributed by atoms with E-state index >= 15 is 0 Å². The second kappa shape index (κ2) is 8.24. The molecule has 0 aromatic carbocycles. The number of rotatable bonds is 4. The SMILES string of the molecule is NC1NN2CC(Cl)CNC2C1C(=O)NC1CNCCC1O[C@@H]1CCOC1. The minimum absolute atomic E-state index is 0.000118. The first kappa shape index (κ1) is 18.8. The molecule has 4 saturated heterocycles. The molecule has 10 heteroatoms. The van der Waals surface area contributed by atoms with Gasteiger partial charge in [0.1, 0.15) is 0 Å². The third kappa shape index (κ3) is 4.00. The molecule has 26 heavy (non-hydrogen) atoms. The number of halogens is 1. The summed E-state index contributed by atoms with van der Waals surface area (Å²) in [5.74, 6) is -0.431. The number of carbonyl (C=O) groups excluding carboxylic acids is 1. The third-order valence-electron chi connectivity index (χ3n) is 5.63. The zero-order chi connectivity index (χ0) is 18.1. The van der Waals surface area contributed by atoms with Crippen molar-refractivity contribution in [3.05, 3.63) is 0 Å². The number of nitrogens with two attached hydrogens (primary N) is 1. The zero-order valence-electron chi connectivity index (χ0n) is 14.8. The summed E-state index contributed by atoms with van der Waals surface area (Å²) in [5, 5.41) is 11.8. The Labute approximate surface area is 158 Å². The summed E-state index contributed by atoms with van der Waals surface area (Å²) in [6.07, 6.45) is 1.35. The fourth-order valence-electron chi connectivity index (χ4n) is 4.27. The molecule has 4 heterocycles. The zero-order valence-corrected chi connectivity index (χ0v) is 15.6. The molecule has 4 aliphatic heterocycles. The standard InChI is InChI=1S/C16H29ClN6O3/c17-9-5-20-15-13(14(18)22-23(15)7-9)16(24)21-11-6-19-3-1-12(11)26-10-2-4-25-8-10/h9-15,19-20,22H,1-8,18H2,(H,21,24)/t9?,10-,11?,12?,13?,14?,15?/m1/s1. The highest BCUT2D eigenvalue weighted by atomic mass is 35.5. The number of nitrogens with one attached hydrogen (secondary N) is 4. The molecular formula is C16H29ClN6O3. The van der Waals surface area contributed by atoms with Crippen molar-refractivity contribution in [3.63, 3.8) is 0 Å². The van der Waals surface area contributed by atoms with Crippen LogP contribution in [0.25, 0.3) is 0 Å². The van der Waals surface area contributed by atoms with Crippen molar-refractivity contribution in [1.82, 2.24) is 26.4 Å². The van der Waals surface area contributed by atoms with Gasteiger partial charge in [0, 0.05) is 26.2 Å². The normalized spacial score (nSPS) is 44.0. The maximum atomic E-state index is 13.0. The van der Waals surface area contributed by atoms with E-state index in [0.29, 0.717) is 26.2 Å². The Hall–Kier alpha value is -0.520. The number of hydrogen-bond acceptors (Lipinski definition) is 8. The lowest BCUT2D eigenvalue weighted by atomic mass is 9.98. The number of hydrogen-bond donors (Lipinski definition) is 5. The summed E-state index contributed by atoms with van der Waals surface area (Å²) in [6, 6.07) is -0.0672. The van der Waals surface area contributed by atoms with Crippen molar-refractivity contribution in [1.29, 1.82) is 0 Å². The molecule has 0 spiro atoms. The van der Waals surface area contributed by atoms with Crippen molar-refractivity contribution < 1.29 is 14.3 Å². The van der Waals surface area contributed by atoms with Crippen LogP contribution in [0.1, 0.15) is 12.8 Å². The number of piperidine rings is 1. The fraction of sp³-hybridized carbons (Fsp3) is 0.938. The Morgan fingerprint density at radius 2 is 2.23 bits per heavy atom. The van der Waals surface area contributed by atoms with Crippen LogP contribution >= 0.6 is 11.6 Å². The highest BCUT2D eigenvalue weighted by Gasteiger charge is 2.47. The highest BCUT2D eigenvalue weighted by molar-refractivity contribution is 6.21. The second-order valence-corrected chi connectivity index (χ2v) is 8.17. The van der Waals surface area contributed by atoms with Crippen molar-refractivity contribution in [2.75, 3.05) is 39.4 Å². The van der Waals surface area contributed by atoms with Gasteiger partial charge in [-0.2, -0.15) is 0 Å². The summed E-state index contributed by atoms with van der Waals surface area (Å²) in [7, 11) is 0. The molecule has 0 aromatic heterocycles. The number of fused-ring (bicyclic) bond motifs is 1. The first-order valence-electron chi connectivity index (χ1n) is 9.52. The van der Waals surface area contributed by atoms with Crippen molar-refractivity contribution >= 4 is 17.5 Å². The quantitative estimate of drug-likeness (QED) is 0.348. The number of alkyl halides is 1. The lowest BCUT2D eigenvalue weighted by Gasteiger charge is -2.37. The van der Waals surface area contributed by atoms with Gasteiger partial charge in [-0.25, -0.2) is 10.4 Å². The van der Waals surface area contributed by atoms with Gasteiger partial charge in [-0.15, -0.1) is 11.6 Å². The first-order valence-corrected chi connectivity index (χ1v) is 9.95. The van der Waals surface area contributed by atoms with Crippen LogP contribution in [0.3, 0.4) is 0 Å². The molecule has 0 bridgehead atoms. The largest absolute Gasteiger partial charge is 0.379 e. The van der Waals surface area contributed by atoms with Crippen LogP contribution in [0, 0.1) is 5.92 Å². The Morgan fingerprint density at radius 3 is 3.04 bits per heavy atom. The monoisotopic (exact) mass is 388 g/mol. The number of hydrazine groups is 1. The van der Waals surface area contributed by atoms with E-state index in [2.05, 4.69) is 21.4 Å². The minimum atomic E-state index is -0.436. The van der Waals surface area contributed by atoms with E-state index in [1.807, 2.05) is 5.01 Å². The maximum Gasteiger partial charge on any atom is 0.229 e. The number of carbonyl (C=O) groups is 1. The Kier molecular flexibility index (Phi) is 5.96. The highest BCUT2D eigenvalue weighted by Crippen LogP contribution is 2.23. The maximum absolute atomic E-state index is 13.0. The summed E-state index contributed by atoms with van der Waals surface area (Å²) < 4.78 is 11.6. The lowest BCUT2D eigenvalue weighted by molar-refractivity contribution is -0.129. The van der Waals surface area contributed by atoms with Crippen LogP contribution in [0.15, 0.2) is 0 Å². The van der Waals surface area contributed by atoms with E-state index in [1.54, 1.807) is 0 Å². The van der Waals surface area contributed by atoms with Crippen LogP contribution in [-0.2, 0) is 14.3 Å². The molecule has 0 radical (unpaired) electrons. The summed E-state index contributed by atoms with van der Waals surface area (Å²) in [4.78, 5) is 13.0. The van der Waals surface area contributed by atoms with Crippen LogP contribution in [0.4, 0.5) is 0 Å². The summed E-state index contributed by atoms with van der Waals surface area (Å²) in [6.45, 7) is 4.31. The molecule has 4 aliphatic rings. The Morgan fingerprint density at radius 1 is 1.35 bits per heavy atom. The smallest absolute Gasteiger partial charge is 0.229 e. The van der Waals surface area contributed by atoms with E-state index in [4.69, 9.17) is 26.8 Å². The summed E-state index contributed by atoms with van der Waals surface area (Å²) in [5.41, 5.74) is 9.36. The number of amides is 1. The van der Waals surface area contributed by atoms with Crippen LogP contribution in [-0.4, -0.2) is 86.3 Å². The molecule has 7 atom stereocenters. The molecule has 148 valence electrons. The van der Waals surface area contributed by atoms with E-state index in [9.17, 15) is 4.79 Å². The van der Waals surface area contributed by atoms with Crippen molar-refractivity contribution in [2.24, 2.45) is 11.7 Å². The molecular weight excluding hydrogens is 360 g/mol. The molecule has 0 saturated carbocycles.